The maximum Gasteiger partial charge on any atom is 0.256 e. The highest BCUT2D eigenvalue weighted by molar-refractivity contribution is 6.04. The third-order valence-electron chi connectivity index (χ3n) is 6.25. The molecule has 0 saturated carbocycles. The second-order valence-corrected chi connectivity index (χ2v) is 8.44. The number of amides is 2. The quantitative estimate of drug-likeness (QED) is 0.805. The molecule has 2 fully saturated rings. The Balaban J connectivity index is 1.41. The highest BCUT2D eigenvalue weighted by Gasteiger charge is 2.28. The molecule has 6 nitrogen and oxygen atoms in total. The average molecular weight is 422 g/mol. The average Bonchev–Trinajstić information content (AvgIpc) is 2.81. The van der Waals surface area contributed by atoms with Gasteiger partial charge in [0.1, 0.15) is 0 Å². The zero-order valence-corrected chi connectivity index (χ0v) is 18.2. The highest BCUT2D eigenvalue weighted by atomic mass is 16.5. The van der Waals surface area contributed by atoms with Gasteiger partial charge in [0.05, 0.1) is 30.4 Å². The molecule has 0 radical (unpaired) electrons. The van der Waals surface area contributed by atoms with Crippen molar-refractivity contribution < 1.29 is 14.3 Å². The largest absolute Gasteiger partial charge is 0.378 e. The van der Waals surface area contributed by atoms with Crippen LogP contribution in [0.3, 0.4) is 0 Å². The fourth-order valence-electron chi connectivity index (χ4n) is 4.39. The Hall–Kier alpha value is -2.70. The summed E-state index contributed by atoms with van der Waals surface area (Å²) in [6, 6.07) is 15.7. The highest BCUT2D eigenvalue weighted by Crippen LogP contribution is 2.23. The molecule has 1 N–H and O–H groups in total. The lowest BCUT2D eigenvalue weighted by Gasteiger charge is -2.32. The van der Waals surface area contributed by atoms with Crippen LogP contribution in [0.5, 0.6) is 0 Å². The fourth-order valence-corrected chi connectivity index (χ4v) is 4.39. The summed E-state index contributed by atoms with van der Waals surface area (Å²) in [5.74, 6) is -0.134. The molecule has 1 unspecified atom stereocenters. The van der Waals surface area contributed by atoms with E-state index in [1.54, 1.807) is 11.0 Å². The standard InChI is InChI=1S/C25H31N3O3/c1-19-7-2-3-8-20(19)17-27-12-6-9-21(18-27)24(29)26-23-11-5-4-10-22(23)25(30)28-13-15-31-16-14-28/h2-5,7-8,10-11,21H,6,9,12-18H2,1H3,(H,26,29). The molecule has 2 aromatic carbocycles. The molecule has 0 aromatic heterocycles. The zero-order valence-electron chi connectivity index (χ0n) is 18.2. The van der Waals surface area contributed by atoms with E-state index in [4.69, 9.17) is 4.74 Å². The van der Waals surface area contributed by atoms with E-state index in [0.29, 0.717) is 37.6 Å². The van der Waals surface area contributed by atoms with Gasteiger partial charge >= 0.3 is 0 Å². The first-order chi connectivity index (χ1) is 15.1. The summed E-state index contributed by atoms with van der Waals surface area (Å²) >= 11 is 0. The summed E-state index contributed by atoms with van der Waals surface area (Å²) < 4.78 is 5.35. The number of likely N-dealkylation sites (tertiary alicyclic amines) is 1. The van der Waals surface area contributed by atoms with Gasteiger partial charge in [-0.3, -0.25) is 14.5 Å². The molecule has 6 heteroatoms. The first-order valence-corrected chi connectivity index (χ1v) is 11.2. The molecule has 2 amide bonds. The van der Waals surface area contributed by atoms with E-state index in [9.17, 15) is 9.59 Å². The fraction of sp³-hybridized carbons (Fsp3) is 0.440. The minimum Gasteiger partial charge on any atom is -0.378 e. The molecular weight excluding hydrogens is 390 g/mol. The third kappa shape index (κ3) is 5.32. The number of nitrogens with zero attached hydrogens (tertiary/aromatic N) is 2. The molecular formula is C25H31N3O3. The topological polar surface area (TPSA) is 61.9 Å². The molecule has 1 atom stereocenters. The van der Waals surface area contributed by atoms with Gasteiger partial charge in [-0.1, -0.05) is 36.4 Å². The van der Waals surface area contributed by atoms with E-state index in [0.717, 1.165) is 32.5 Å². The summed E-state index contributed by atoms with van der Waals surface area (Å²) in [4.78, 5) is 30.2. The predicted molar refractivity (Wildman–Crippen MR) is 121 cm³/mol. The summed E-state index contributed by atoms with van der Waals surface area (Å²) in [5.41, 5.74) is 3.74. The molecule has 0 bridgehead atoms. The van der Waals surface area contributed by atoms with E-state index < -0.39 is 0 Å². The van der Waals surface area contributed by atoms with Crippen LogP contribution in [0.25, 0.3) is 0 Å². The number of benzene rings is 2. The minimum absolute atomic E-state index is 0.00305. The lowest BCUT2D eigenvalue weighted by Crippen LogP contribution is -2.42. The van der Waals surface area contributed by atoms with E-state index >= 15 is 0 Å². The van der Waals surface area contributed by atoms with Crippen LogP contribution >= 0.6 is 0 Å². The van der Waals surface area contributed by atoms with Gasteiger partial charge in [-0.25, -0.2) is 0 Å². The number of hydrogen-bond acceptors (Lipinski definition) is 4. The lowest BCUT2D eigenvalue weighted by atomic mass is 9.96. The Labute approximate surface area is 184 Å². The number of anilines is 1. The Bertz CT molecular complexity index is 924. The number of para-hydroxylation sites is 1. The van der Waals surface area contributed by atoms with Crippen LogP contribution in [0.2, 0.25) is 0 Å². The van der Waals surface area contributed by atoms with Gasteiger partial charge in [-0.2, -0.15) is 0 Å². The summed E-state index contributed by atoms with van der Waals surface area (Å²) in [6.07, 6.45) is 1.87. The van der Waals surface area contributed by atoms with E-state index in [1.165, 1.54) is 11.1 Å². The van der Waals surface area contributed by atoms with Crippen LogP contribution < -0.4 is 5.32 Å². The molecule has 0 spiro atoms. The number of morpholine rings is 1. The molecule has 4 rings (SSSR count). The van der Waals surface area contributed by atoms with Crippen molar-refractivity contribution >= 4 is 17.5 Å². The Morgan fingerprint density at radius 2 is 1.77 bits per heavy atom. The van der Waals surface area contributed by atoms with Crippen LogP contribution in [0.4, 0.5) is 5.69 Å². The van der Waals surface area contributed by atoms with Crippen molar-refractivity contribution in [3.63, 3.8) is 0 Å². The van der Waals surface area contributed by atoms with Gasteiger partial charge in [-0.15, -0.1) is 0 Å². The van der Waals surface area contributed by atoms with Gasteiger partial charge in [0.15, 0.2) is 0 Å². The summed E-state index contributed by atoms with van der Waals surface area (Å²) in [5, 5.41) is 3.05. The van der Waals surface area contributed by atoms with Crippen LogP contribution in [0, 0.1) is 12.8 Å². The number of carbonyl (C=O) groups excluding carboxylic acids is 2. The van der Waals surface area contributed by atoms with Gasteiger partial charge in [0.25, 0.3) is 5.91 Å². The molecule has 2 heterocycles. The van der Waals surface area contributed by atoms with Crippen LogP contribution in [-0.4, -0.2) is 61.0 Å². The number of carbonyl (C=O) groups is 2. The molecule has 2 aliphatic rings. The zero-order chi connectivity index (χ0) is 21.6. The van der Waals surface area contributed by atoms with Crippen molar-refractivity contribution in [3.8, 4) is 0 Å². The van der Waals surface area contributed by atoms with E-state index in [2.05, 4.69) is 41.4 Å². The second kappa shape index (κ2) is 10.1. The smallest absolute Gasteiger partial charge is 0.256 e. The van der Waals surface area contributed by atoms with Crippen molar-refractivity contribution in [2.24, 2.45) is 5.92 Å². The van der Waals surface area contributed by atoms with Crippen LogP contribution in [0.15, 0.2) is 48.5 Å². The number of piperidine rings is 1. The number of nitrogens with one attached hydrogen (secondary N) is 1. The Morgan fingerprint density at radius 3 is 2.58 bits per heavy atom. The van der Waals surface area contributed by atoms with Crippen molar-refractivity contribution in [1.29, 1.82) is 0 Å². The van der Waals surface area contributed by atoms with Crippen molar-refractivity contribution in [1.82, 2.24) is 9.80 Å². The Morgan fingerprint density at radius 1 is 1.03 bits per heavy atom. The van der Waals surface area contributed by atoms with Gasteiger partial charge < -0.3 is 15.0 Å². The monoisotopic (exact) mass is 421 g/mol. The number of hydrogen-bond donors (Lipinski definition) is 1. The maximum absolute atomic E-state index is 13.1. The van der Waals surface area contributed by atoms with Crippen LogP contribution in [-0.2, 0) is 16.1 Å². The van der Waals surface area contributed by atoms with E-state index in [-0.39, 0.29) is 17.7 Å². The number of ether oxygens (including phenoxy) is 1. The van der Waals surface area contributed by atoms with Crippen molar-refractivity contribution in [2.75, 3.05) is 44.7 Å². The first kappa shape index (κ1) is 21.5. The van der Waals surface area contributed by atoms with Crippen LogP contribution in [0.1, 0.15) is 34.3 Å². The molecule has 164 valence electrons. The van der Waals surface area contributed by atoms with Gasteiger partial charge in [-0.05, 0) is 49.6 Å². The first-order valence-electron chi connectivity index (χ1n) is 11.2. The third-order valence-corrected chi connectivity index (χ3v) is 6.25. The van der Waals surface area contributed by atoms with Crippen molar-refractivity contribution in [2.45, 2.75) is 26.3 Å². The Kier molecular flexibility index (Phi) is 6.99. The normalized spacial score (nSPS) is 19.8. The maximum atomic E-state index is 13.1. The number of rotatable bonds is 5. The number of aryl methyl sites for hydroxylation is 1. The predicted octanol–water partition coefficient (Wildman–Crippen LogP) is 3.32. The molecule has 2 aliphatic heterocycles. The second-order valence-electron chi connectivity index (χ2n) is 8.44. The summed E-state index contributed by atoms with van der Waals surface area (Å²) in [7, 11) is 0. The lowest BCUT2D eigenvalue weighted by molar-refractivity contribution is -0.121. The molecule has 2 aromatic rings. The molecule has 2 saturated heterocycles. The minimum atomic E-state index is -0.0793. The summed E-state index contributed by atoms with van der Waals surface area (Å²) in [6.45, 7) is 7.01. The molecule has 0 aliphatic carbocycles. The van der Waals surface area contributed by atoms with Crippen molar-refractivity contribution in [3.05, 3.63) is 65.2 Å². The van der Waals surface area contributed by atoms with E-state index in [1.807, 2.05) is 18.2 Å². The van der Waals surface area contributed by atoms with Gasteiger partial charge in [0, 0.05) is 26.2 Å². The molecule has 31 heavy (non-hydrogen) atoms. The SMILES string of the molecule is Cc1ccccc1CN1CCCC(C(=O)Nc2ccccc2C(=O)N2CCOCC2)C1. The van der Waals surface area contributed by atoms with Gasteiger partial charge in [0.2, 0.25) is 5.91 Å².